The van der Waals surface area contributed by atoms with Gasteiger partial charge in [-0.15, -0.1) is 0 Å². The quantitative estimate of drug-likeness (QED) is 0.622. The Labute approximate surface area is 61.9 Å². The van der Waals surface area contributed by atoms with Crippen LogP contribution in [0, 0.1) is 11.3 Å². The zero-order valence-corrected chi connectivity index (χ0v) is 6.35. The van der Waals surface area contributed by atoms with E-state index in [1.165, 1.54) is 0 Å². The molecule has 2 nitrogen and oxygen atoms in total. The van der Waals surface area contributed by atoms with Gasteiger partial charge in [0.25, 0.3) is 0 Å². The van der Waals surface area contributed by atoms with E-state index in [1.807, 2.05) is 6.07 Å². The van der Waals surface area contributed by atoms with Crippen molar-refractivity contribution < 1.29 is 5.11 Å². The molecule has 0 fully saturated rings. The summed E-state index contributed by atoms with van der Waals surface area (Å²) < 4.78 is 0.671. The number of aliphatic hydroxyl groups is 1. The number of hydrogen-bond acceptors (Lipinski definition) is 2. The molecule has 0 saturated heterocycles. The summed E-state index contributed by atoms with van der Waals surface area (Å²) >= 11 is 3.14. The molecule has 0 aliphatic heterocycles. The highest BCUT2D eigenvalue weighted by atomic mass is 79.9. The number of rotatable bonds is 0. The first-order valence-electron chi connectivity index (χ1n) is 2.72. The molecule has 0 spiro atoms. The molecule has 9 heavy (non-hydrogen) atoms. The maximum atomic E-state index is 9.04. The van der Waals surface area contributed by atoms with E-state index < -0.39 is 6.10 Å². The molecule has 0 bridgehead atoms. The predicted molar refractivity (Wildman–Crippen MR) is 36.8 cm³/mol. The van der Waals surface area contributed by atoms with Crippen LogP contribution in [0.3, 0.4) is 0 Å². The third-order valence-electron chi connectivity index (χ3n) is 1.38. The topological polar surface area (TPSA) is 44.0 Å². The van der Waals surface area contributed by atoms with Gasteiger partial charge in [-0.2, -0.15) is 5.26 Å². The minimum Gasteiger partial charge on any atom is -0.388 e. The van der Waals surface area contributed by atoms with Crippen molar-refractivity contribution >= 4 is 15.9 Å². The maximum Gasteiger partial charge on any atom is 0.0956 e. The van der Waals surface area contributed by atoms with Crippen LogP contribution in [-0.4, -0.2) is 11.2 Å². The number of nitriles is 1. The van der Waals surface area contributed by atoms with E-state index in [0.29, 0.717) is 22.9 Å². The average Bonchev–Trinajstić information content (AvgIpc) is 2.15. The molecule has 0 heterocycles. The van der Waals surface area contributed by atoms with Crippen molar-refractivity contribution in [3.05, 3.63) is 10.1 Å². The van der Waals surface area contributed by atoms with Crippen molar-refractivity contribution in [3.63, 3.8) is 0 Å². The molecule has 3 heteroatoms. The number of allylic oxidation sites excluding steroid dienone is 1. The van der Waals surface area contributed by atoms with E-state index in [4.69, 9.17) is 10.4 Å². The van der Waals surface area contributed by atoms with Crippen LogP contribution < -0.4 is 0 Å². The van der Waals surface area contributed by atoms with E-state index in [-0.39, 0.29) is 0 Å². The fourth-order valence-electron chi connectivity index (χ4n) is 0.838. The molecule has 0 aromatic heterocycles. The van der Waals surface area contributed by atoms with E-state index in [0.717, 1.165) is 0 Å². The lowest BCUT2D eigenvalue weighted by Crippen LogP contribution is -1.98. The molecule has 1 atom stereocenters. The lowest BCUT2D eigenvalue weighted by molar-refractivity contribution is 0.220. The summed E-state index contributed by atoms with van der Waals surface area (Å²) in [6.45, 7) is 0. The number of hydrogen-bond donors (Lipinski definition) is 1. The molecule has 0 aromatic carbocycles. The summed E-state index contributed by atoms with van der Waals surface area (Å²) in [6, 6.07) is 2.02. The fraction of sp³-hybridized carbons (Fsp3) is 0.500. The van der Waals surface area contributed by atoms with Crippen molar-refractivity contribution in [3.8, 4) is 6.07 Å². The van der Waals surface area contributed by atoms with Gasteiger partial charge in [0.2, 0.25) is 0 Å². The van der Waals surface area contributed by atoms with Gasteiger partial charge in [0, 0.05) is 10.1 Å². The Morgan fingerprint density at radius 3 is 2.67 bits per heavy atom. The number of halogens is 1. The Hall–Kier alpha value is -0.330. The third-order valence-corrected chi connectivity index (χ3v) is 2.39. The molecule has 1 N–H and O–H groups in total. The zero-order chi connectivity index (χ0) is 6.85. The highest BCUT2D eigenvalue weighted by Gasteiger charge is 2.20. The van der Waals surface area contributed by atoms with Crippen LogP contribution in [0.1, 0.15) is 12.8 Å². The maximum absolute atomic E-state index is 9.04. The highest BCUT2D eigenvalue weighted by Crippen LogP contribution is 2.29. The summed E-state index contributed by atoms with van der Waals surface area (Å²) in [7, 11) is 0. The second-order valence-electron chi connectivity index (χ2n) is 1.99. The summed E-state index contributed by atoms with van der Waals surface area (Å²) in [5.41, 5.74) is 0.683. The van der Waals surface area contributed by atoms with Crippen LogP contribution in [-0.2, 0) is 0 Å². The van der Waals surface area contributed by atoms with Crippen LogP contribution in [0.15, 0.2) is 10.1 Å². The molecular weight excluding hydrogens is 182 g/mol. The largest absolute Gasteiger partial charge is 0.388 e. The predicted octanol–water partition coefficient (Wildman–Crippen LogP) is 1.31. The van der Waals surface area contributed by atoms with Gasteiger partial charge in [-0.1, -0.05) is 15.9 Å². The Bertz CT molecular complexity index is 192. The van der Waals surface area contributed by atoms with Crippen LogP contribution in [0.5, 0.6) is 0 Å². The van der Waals surface area contributed by atoms with Crippen LogP contribution in [0.4, 0.5) is 0 Å². The average molecular weight is 188 g/mol. The molecule has 1 aliphatic carbocycles. The summed E-state index contributed by atoms with van der Waals surface area (Å²) in [6.07, 6.45) is 0.960. The minimum absolute atomic E-state index is 0.431. The number of aliphatic hydroxyl groups excluding tert-OH is 1. The molecule has 0 aromatic rings. The summed E-state index contributed by atoms with van der Waals surface area (Å²) in [5, 5.41) is 17.4. The van der Waals surface area contributed by atoms with Crippen LogP contribution in [0.2, 0.25) is 0 Å². The first kappa shape index (κ1) is 6.79. The van der Waals surface area contributed by atoms with E-state index in [2.05, 4.69) is 15.9 Å². The molecule has 0 amide bonds. The Morgan fingerprint density at radius 1 is 1.78 bits per heavy atom. The normalized spacial score (nSPS) is 26.6. The molecular formula is C6H6BrNO. The van der Waals surface area contributed by atoms with Crippen LogP contribution in [0.25, 0.3) is 0 Å². The summed E-state index contributed by atoms with van der Waals surface area (Å²) in [4.78, 5) is 0. The lowest BCUT2D eigenvalue weighted by Gasteiger charge is -1.96. The highest BCUT2D eigenvalue weighted by molar-refractivity contribution is 9.11. The molecule has 0 radical (unpaired) electrons. The second kappa shape index (κ2) is 2.51. The SMILES string of the molecule is N#CC1=C(Br)C(O)CC1. The van der Waals surface area contributed by atoms with Gasteiger partial charge < -0.3 is 5.11 Å². The van der Waals surface area contributed by atoms with Gasteiger partial charge in [0.05, 0.1) is 12.2 Å². The first-order chi connectivity index (χ1) is 4.25. The van der Waals surface area contributed by atoms with Crippen molar-refractivity contribution in [2.45, 2.75) is 18.9 Å². The number of nitrogens with zero attached hydrogens (tertiary/aromatic N) is 1. The van der Waals surface area contributed by atoms with Crippen LogP contribution >= 0.6 is 15.9 Å². The van der Waals surface area contributed by atoms with Crippen molar-refractivity contribution in [1.82, 2.24) is 0 Å². The smallest absolute Gasteiger partial charge is 0.0956 e. The summed E-state index contributed by atoms with van der Waals surface area (Å²) in [5.74, 6) is 0. The van der Waals surface area contributed by atoms with Crippen molar-refractivity contribution in [2.75, 3.05) is 0 Å². The zero-order valence-electron chi connectivity index (χ0n) is 4.76. The third kappa shape index (κ3) is 1.15. The fourth-order valence-corrected chi connectivity index (χ4v) is 1.35. The van der Waals surface area contributed by atoms with E-state index in [1.54, 1.807) is 0 Å². The monoisotopic (exact) mass is 187 g/mol. The Morgan fingerprint density at radius 2 is 2.44 bits per heavy atom. The van der Waals surface area contributed by atoms with E-state index in [9.17, 15) is 0 Å². The second-order valence-corrected chi connectivity index (χ2v) is 2.85. The van der Waals surface area contributed by atoms with Gasteiger partial charge in [-0.05, 0) is 12.8 Å². The van der Waals surface area contributed by atoms with Crippen molar-refractivity contribution in [1.29, 1.82) is 5.26 Å². The molecule has 1 unspecified atom stereocenters. The van der Waals surface area contributed by atoms with Gasteiger partial charge in [-0.25, -0.2) is 0 Å². The standard InChI is InChI=1S/C6H6BrNO/c7-6-4(3-8)1-2-5(6)9/h5,9H,1-2H2. The molecule has 48 valence electrons. The minimum atomic E-state index is -0.431. The Balaban J connectivity index is 2.83. The first-order valence-corrected chi connectivity index (χ1v) is 3.51. The van der Waals surface area contributed by atoms with E-state index >= 15 is 0 Å². The molecule has 1 aliphatic rings. The van der Waals surface area contributed by atoms with Gasteiger partial charge >= 0.3 is 0 Å². The Kier molecular flexibility index (Phi) is 1.89. The van der Waals surface area contributed by atoms with Gasteiger partial charge in [-0.3, -0.25) is 0 Å². The van der Waals surface area contributed by atoms with Gasteiger partial charge in [0.1, 0.15) is 0 Å². The van der Waals surface area contributed by atoms with Crippen molar-refractivity contribution in [2.24, 2.45) is 0 Å². The van der Waals surface area contributed by atoms with Gasteiger partial charge in [0.15, 0.2) is 0 Å². The molecule has 0 saturated carbocycles. The molecule has 1 rings (SSSR count). The lowest BCUT2D eigenvalue weighted by atomic mass is 10.3.